The maximum absolute atomic E-state index is 5.83. The summed E-state index contributed by atoms with van der Waals surface area (Å²) in [6.07, 6.45) is 4.54. The van der Waals surface area contributed by atoms with Gasteiger partial charge in [-0.1, -0.05) is 12.1 Å². The average Bonchev–Trinajstić information content (AvgIpc) is 2.94. The molecule has 0 aromatic carbocycles. The standard InChI is InChI=1S/C13H21N3O2/c1-9-8-11(9)13-15-12(18-16-13)4-7-17-10-2-5-14-6-3-10/h9-11,14H,2-8H2,1H3. The van der Waals surface area contributed by atoms with Crippen LogP contribution in [0.3, 0.4) is 0 Å². The van der Waals surface area contributed by atoms with Crippen molar-refractivity contribution >= 4 is 0 Å². The largest absolute Gasteiger partial charge is 0.378 e. The Morgan fingerprint density at radius 2 is 2.17 bits per heavy atom. The average molecular weight is 251 g/mol. The van der Waals surface area contributed by atoms with E-state index in [9.17, 15) is 0 Å². The molecule has 1 aromatic rings. The summed E-state index contributed by atoms with van der Waals surface area (Å²) in [5, 5.41) is 7.37. The molecule has 0 amide bonds. The summed E-state index contributed by atoms with van der Waals surface area (Å²) >= 11 is 0. The first-order valence-electron chi connectivity index (χ1n) is 6.97. The number of nitrogens with zero attached hydrogens (tertiary/aromatic N) is 2. The van der Waals surface area contributed by atoms with Crippen molar-refractivity contribution in [2.24, 2.45) is 5.92 Å². The van der Waals surface area contributed by atoms with Crippen LogP contribution in [0.4, 0.5) is 0 Å². The smallest absolute Gasteiger partial charge is 0.228 e. The van der Waals surface area contributed by atoms with E-state index in [0.717, 1.165) is 50.0 Å². The molecule has 2 unspecified atom stereocenters. The molecule has 2 heterocycles. The lowest BCUT2D eigenvalue weighted by Crippen LogP contribution is -2.32. The molecule has 18 heavy (non-hydrogen) atoms. The molecule has 3 rings (SSSR count). The highest BCUT2D eigenvalue weighted by Gasteiger charge is 2.37. The zero-order valence-electron chi connectivity index (χ0n) is 10.9. The number of ether oxygens (including phenoxy) is 1. The molecule has 1 aliphatic heterocycles. The predicted octanol–water partition coefficient (Wildman–Crippen LogP) is 1.50. The molecule has 0 bridgehead atoms. The first-order chi connectivity index (χ1) is 8.83. The summed E-state index contributed by atoms with van der Waals surface area (Å²) in [6.45, 7) is 5.04. The highest BCUT2D eigenvalue weighted by atomic mass is 16.5. The van der Waals surface area contributed by atoms with Crippen LogP contribution in [0, 0.1) is 5.92 Å². The Morgan fingerprint density at radius 3 is 2.89 bits per heavy atom. The maximum atomic E-state index is 5.83. The van der Waals surface area contributed by atoms with E-state index in [2.05, 4.69) is 22.4 Å². The SMILES string of the molecule is CC1CC1c1noc(CCOC2CCNCC2)n1. The molecule has 2 fully saturated rings. The number of nitrogens with one attached hydrogen (secondary N) is 1. The van der Waals surface area contributed by atoms with Gasteiger partial charge in [0.25, 0.3) is 0 Å². The van der Waals surface area contributed by atoms with E-state index in [1.165, 1.54) is 6.42 Å². The highest BCUT2D eigenvalue weighted by molar-refractivity contribution is 5.07. The number of aromatic nitrogens is 2. The van der Waals surface area contributed by atoms with Crippen LogP contribution in [0.5, 0.6) is 0 Å². The normalized spacial score (nSPS) is 28.5. The molecular weight excluding hydrogens is 230 g/mol. The maximum Gasteiger partial charge on any atom is 0.228 e. The first kappa shape index (κ1) is 12.1. The molecule has 0 radical (unpaired) electrons. The van der Waals surface area contributed by atoms with Crippen LogP contribution in [-0.4, -0.2) is 35.9 Å². The fourth-order valence-electron chi connectivity index (χ4n) is 2.48. The van der Waals surface area contributed by atoms with Crippen molar-refractivity contribution in [1.29, 1.82) is 0 Å². The van der Waals surface area contributed by atoms with E-state index in [-0.39, 0.29) is 0 Å². The molecule has 5 nitrogen and oxygen atoms in total. The van der Waals surface area contributed by atoms with Gasteiger partial charge in [0.15, 0.2) is 5.82 Å². The van der Waals surface area contributed by atoms with Gasteiger partial charge in [0.2, 0.25) is 5.89 Å². The van der Waals surface area contributed by atoms with Gasteiger partial charge in [0.1, 0.15) is 0 Å². The van der Waals surface area contributed by atoms with Crippen molar-refractivity contribution in [3.8, 4) is 0 Å². The minimum Gasteiger partial charge on any atom is -0.378 e. The van der Waals surface area contributed by atoms with Gasteiger partial charge >= 0.3 is 0 Å². The van der Waals surface area contributed by atoms with Crippen molar-refractivity contribution in [2.75, 3.05) is 19.7 Å². The molecule has 5 heteroatoms. The monoisotopic (exact) mass is 251 g/mol. The fourth-order valence-corrected chi connectivity index (χ4v) is 2.48. The second kappa shape index (κ2) is 5.36. The van der Waals surface area contributed by atoms with Crippen molar-refractivity contribution in [3.63, 3.8) is 0 Å². The van der Waals surface area contributed by atoms with E-state index in [4.69, 9.17) is 9.26 Å². The molecule has 0 spiro atoms. The van der Waals surface area contributed by atoms with Crippen molar-refractivity contribution in [2.45, 2.75) is 44.6 Å². The van der Waals surface area contributed by atoms with Gasteiger partial charge in [0, 0.05) is 5.92 Å². The van der Waals surface area contributed by atoms with Gasteiger partial charge in [-0.05, 0) is 38.3 Å². The summed E-state index contributed by atoms with van der Waals surface area (Å²) in [7, 11) is 0. The Hall–Kier alpha value is -0.940. The third-order valence-corrected chi connectivity index (χ3v) is 3.88. The minimum atomic E-state index is 0.400. The predicted molar refractivity (Wildman–Crippen MR) is 66.4 cm³/mol. The molecule has 2 atom stereocenters. The van der Waals surface area contributed by atoms with Crippen LogP contribution in [0.1, 0.15) is 43.8 Å². The number of hydrogen-bond donors (Lipinski definition) is 1. The molecule has 1 aromatic heterocycles. The Balaban J connectivity index is 1.41. The van der Waals surface area contributed by atoms with Crippen LogP contribution < -0.4 is 5.32 Å². The molecule has 1 aliphatic carbocycles. The third kappa shape index (κ3) is 2.90. The zero-order chi connectivity index (χ0) is 12.4. The Kier molecular flexibility index (Phi) is 3.61. The topological polar surface area (TPSA) is 60.2 Å². The Morgan fingerprint density at radius 1 is 1.39 bits per heavy atom. The van der Waals surface area contributed by atoms with E-state index in [0.29, 0.717) is 18.6 Å². The minimum absolute atomic E-state index is 0.400. The summed E-state index contributed by atoms with van der Waals surface area (Å²) in [5.74, 6) is 2.87. The number of hydrogen-bond acceptors (Lipinski definition) is 5. The molecule has 2 aliphatic rings. The van der Waals surface area contributed by atoms with Crippen LogP contribution >= 0.6 is 0 Å². The molecule has 1 saturated carbocycles. The summed E-state index contributed by atoms with van der Waals surface area (Å²) in [5.41, 5.74) is 0. The second-order valence-corrected chi connectivity index (χ2v) is 5.44. The van der Waals surface area contributed by atoms with Crippen molar-refractivity contribution in [3.05, 3.63) is 11.7 Å². The Bertz CT molecular complexity index is 387. The van der Waals surface area contributed by atoms with Crippen molar-refractivity contribution < 1.29 is 9.26 Å². The third-order valence-electron chi connectivity index (χ3n) is 3.88. The van der Waals surface area contributed by atoms with Gasteiger partial charge in [-0.3, -0.25) is 0 Å². The van der Waals surface area contributed by atoms with Crippen molar-refractivity contribution in [1.82, 2.24) is 15.5 Å². The molecule has 1 saturated heterocycles. The first-order valence-corrected chi connectivity index (χ1v) is 6.97. The number of piperidine rings is 1. The molecule has 100 valence electrons. The van der Waals surface area contributed by atoms with Gasteiger partial charge in [-0.25, -0.2) is 0 Å². The van der Waals surface area contributed by atoms with Crippen LogP contribution in [-0.2, 0) is 11.2 Å². The van der Waals surface area contributed by atoms with Gasteiger partial charge in [-0.2, -0.15) is 4.98 Å². The van der Waals surface area contributed by atoms with E-state index >= 15 is 0 Å². The summed E-state index contributed by atoms with van der Waals surface area (Å²) < 4.78 is 11.1. The lowest BCUT2D eigenvalue weighted by atomic mass is 10.1. The van der Waals surface area contributed by atoms with Gasteiger partial charge in [-0.15, -0.1) is 0 Å². The second-order valence-electron chi connectivity index (χ2n) is 5.44. The van der Waals surface area contributed by atoms with Crippen LogP contribution in [0.15, 0.2) is 4.52 Å². The number of rotatable bonds is 5. The fraction of sp³-hybridized carbons (Fsp3) is 0.846. The molecular formula is C13H21N3O2. The van der Waals surface area contributed by atoms with Crippen LogP contribution in [0.2, 0.25) is 0 Å². The highest BCUT2D eigenvalue weighted by Crippen LogP contribution is 2.45. The zero-order valence-corrected chi connectivity index (χ0v) is 10.9. The molecule has 1 N–H and O–H groups in total. The quantitative estimate of drug-likeness (QED) is 0.859. The van der Waals surface area contributed by atoms with Crippen LogP contribution in [0.25, 0.3) is 0 Å². The Labute approximate surface area is 107 Å². The summed E-state index contributed by atoms with van der Waals surface area (Å²) in [6, 6.07) is 0. The van der Waals surface area contributed by atoms with E-state index in [1.54, 1.807) is 0 Å². The summed E-state index contributed by atoms with van der Waals surface area (Å²) in [4.78, 5) is 4.44. The lowest BCUT2D eigenvalue weighted by Gasteiger charge is -2.22. The van der Waals surface area contributed by atoms with Gasteiger partial charge in [0.05, 0.1) is 19.1 Å². The lowest BCUT2D eigenvalue weighted by molar-refractivity contribution is 0.0322. The van der Waals surface area contributed by atoms with E-state index < -0.39 is 0 Å². The van der Waals surface area contributed by atoms with Gasteiger partial charge < -0.3 is 14.6 Å². The van der Waals surface area contributed by atoms with E-state index in [1.807, 2.05) is 0 Å².